The lowest BCUT2D eigenvalue weighted by Gasteiger charge is -2.08. The monoisotopic (exact) mass is 294 g/mol. The van der Waals surface area contributed by atoms with Gasteiger partial charge in [-0.25, -0.2) is 0 Å². The summed E-state index contributed by atoms with van der Waals surface area (Å²) in [6.07, 6.45) is 0. The summed E-state index contributed by atoms with van der Waals surface area (Å²) in [6.45, 7) is 1.86. The molecule has 104 valence electrons. The standard InChI is InChI=1S/C17H14N2OS/c1-12-15(17(20)19-14-9-10-21-11-14)7-8-16(18-12)13-5-3-2-4-6-13/h2-11H,1H3,(H,19,20). The third-order valence-corrected chi connectivity index (χ3v) is 3.86. The van der Waals surface area contributed by atoms with Gasteiger partial charge in [-0.15, -0.1) is 0 Å². The first kappa shape index (κ1) is 13.5. The van der Waals surface area contributed by atoms with Gasteiger partial charge in [0.25, 0.3) is 5.91 Å². The Hall–Kier alpha value is -2.46. The molecule has 21 heavy (non-hydrogen) atoms. The second-order valence-corrected chi connectivity index (χ2v) is 5.44. The number of hydrogen-bond donors (Lipinski definition) is 1. The van der Waals surface area contributed by atoms with Crippen molar-refractivity contribution in [2.24, 2.45) is 0 Å². The molecular formula is C17H14N2OS. The third-order valence-electron chi connectivity index (χ3n) is 3.18. The molecule has 0 radical (unpaired) electrons. The summed E-state index contributed by atoms with van der Waals surface area (Å²) in [5.41, 5.74) is 4.06. The van der Waals surface area contributed by atoms with E-state index in [-0.39, 0.29) is 5.91 Å². The molecule has 4 heteroatoms. The number of nitrogens with one attached hydrogen (secondary N) is 1. The van der Waals surface area contributed by atoms with Gasteiger partial charge in [-0.1, -0.05) is 30.3 Å². The maximum absolute atomic E-state index is 12.2. The Bertz CT molecular complexity index is 752. The van der Waals surface area contributed by atoms with Crippen molar-refractivity contribution < 1.29 is 4.79 Å². The Kier molecular flexibility index (Phi) is 3.79. The molecule has 1 N–H and O–H groups in total. The molecule has 3 rings (SSSR count). The number of anilines is 1. The maximum atomic E-state index is 12.2. The fourth-order valence-electron chi connectivity index (χ4n) is 2.10. The van der Waals surface area contributed by atoms with Gasteiger partial charge in [-0.05, 0) is 30.5 Å². The molecule has 0 aliphatic carbocycles. The highest BCUT2D eigenvalue weighted by Crippen LogP contribution is 2.20. The molecule has 0 fully saturated rings. The summed E-state index contributed by atoms with van der Waals surface area (Å²) in [5, 5.41) is 6.70. The van der Waals surface area contributed by atoms with Gasteiger partial charge in [0.05, 0.1) is 22.6 Å². The molecule has 3 nitrogen and oxygen atoms in total. The number of aryl methyl sites for hydroxylation is 1. The summed E-state index contributed by atoms with van der Waals surface area (Å²) in [7, 11) is 0. The van der Waals surface area contributed by atoms with Crippen molar-refractivity contribution >= 4 is 22.9 Å². The molecule has 0 aliphatic rings. The SMILES string of the molecule is Cc1nc(-c2ccccc2)ccc1C(=O)Nc1ccsc1. The molecule has 2 aromatic heterocycles. The first-order chi connectivity index (χ1) is 10.2. The van der Waals surface area contributed by atoms with Crippen molar-refractivity contribution in [3.63, 3.8) is 0 Å². The van der Waals surface area contributed by atoms with E-state index in [9.17, 15) is 4.79 Å². The van der Waals surface area contributed by atoms with Gasteiger partial charge in [-0.2, -0.15) is 11.3 Å². The van der Waals surface area contributed by atoms with Gasteiger partial charge < -0.3 is 5.32 Å². The van der Waals surface area contributed by atoms with Crippen LogP contribution in [0.2, 0.25) is 0 Å². The first-order valence-corrected chi connectivity index (χ1v) is 7.55. The molecule has 0 unspecified atom stereocenters. The van der Waals surface area contributed by atoms with Crippen LogP contribution in [0.3, 0.4) is 0 Å². The van der Waals surface area contributed by atoms with Crippen LogP contribution in [0.15, 0.2) is 59.3 Å². The van der Waals surface area contributed by atoms with Gasteiger partial charge in [-0.3, -0.25) is 9.78 Å². The summed E-state index contributed by atoms with van der Waals surface area (Å²) in [4.78, 5) is 16.8. The zero-order chi connectivity index (χ0) is 14.7. The molecule has 0 aliphatic heterocycles. The van der Waals surface area contributed by atoms with Crippen LogP contribution < -0.4 is 5.32 Å². The minimum absolute atomic E-state index is 0.127. The molecule has 1 aromatic carbocycles. The number of thiophene rings is 1. The lowest BCUT2D eigenvalue weighted by molar-refractivity contribution is 0.102. The minimum Gasteiger partial charge on any atom is -0.321 e. The van der Waals surface area contributed by atoms with Crippen LogP contribution in [0, 0.1) is 6.92 Å². The Morgan fingerprint density at radius 1 is 1.10 bits per heavy atom. The average Bonchev–Trinajstić information content (AvgIpc) is 3.01. The summed E-state index contributed by atoms with van der Waals surface area (Å²) < 4.78 is 0. The normalized spacial score (nSPS) is 10.3. The lowest BCUT2D eigenvalue weighted by atomic mass is 10.1. The summed E-state index contributed by atoms with van der Waals surface area (Å²) in [5.74, 6) is -0.127. The Morgan fingerprint density at radius 2 is 1.90 bits per heavy atom. The van der Waals surface area contributed by atoms with E-state index in [0.717, 1.165) is 22.6 Å². The summed E-state index contributed by atoms with van der Waals surface area (Å²) >= 11 is 1.55. The number of benzene rings is 1. The van der Waals surface area contributed by atoms with Gasteiger partial charge >= 0.3 is 0 Å². The topological polar surface area (TPSA) is 42.0 Å². The molecule has 0 atom stereocenters. The average molecular weight is 294 g/mol. The Balaban J connectivity index is 1.86. The van der Waals surface area contributed by atoms with Crippen molar-refractivity contribution in [1.82, 2.24) is 4.98 Å². The largest absolute Gasteiger partial charge is 0.321 e. The number of aromatic nitrogens is 1. The number of hydrogen-bond acceptors (Lipinski definition) is 3. The quantitative estimate of drug-likeness (QED) is 0.779. The molecule has 0 spiro atoms. The van der Waals surface area contributed by atoms with Gasteiger partial charge in [0.15, 0.2) is 0 Å². The van der Waals surface area contributed by atoms with Gasteiger partial charge in [0.2, 0.25) is 0 Å². The van der Waals surface area contributed by atoms with E-state index in [1.807, 2.05) is 66.2 Å². The fraction of sp³-hybridized carbons (Fsp3) is 0.0588. The van der Waals surface area contributed by atoms with Crippen molar-refractivity contribution in [3.05, 3.63) is 70.5 Å². The molecular weight excluding hydrogens is 280 g/mol. The predicted molar refractivity (Wildman–Crippen MR) is 86.7 cm³/mol. The van der Waals surface area contributed by atoms with E-state index in [1.54, 1.807) is 11.3 Å². The number of carbonyl (C=O) groups is 1. The second kappa shape index (κ2) is 5.89. The molecule has 3 aromatic rings. The van der Waals surface area contributed by atoms with Crippen LogP contribution in [0.25, 0.3) is 11.3 Å². The first-order valence-electron chi connectivity index (χ1n) is 6.60. The van der Waals surface area contributed by atoms with Crippen LogP contribution in [-0.4, -0.2) is 10.9 Å². The second-order valence-electron chi connectivity index (χ2n) is 4.66. The van der Waals surface area contributed by atoms with E-state index in [1.165, 1.54) is 0 Å². The fourth-order valence-corrected chi connectivity index (χ4v) is 2.69. The number of rotatable bonds is 3. The van der Waals surface area contributed by atoms with Crippen molar-refractivity contribution in [2.75, 3.05) is 5.32 Å². The van der Waals surface area contributed by atoms with E-state index < -0.39 is 0 Å². The van der Waals surface area contributed by atoms with Crippen molar-refractivity contribution in [2.45, 2.75) is 6.92 Å². The van der Waals surface area contributed by atoms with Crippen LogP contribution >= 0.6 is 11.3 Å². The smallest absolute Gasteiger partial charge is 0.257 e. The van der Waals surface area contributed by atoms with Crippen LogP contribution in [0.5, 0.6) is 0 Å². The number of nitrogens with zero attached hydrogens (tertiary/aromatic N) is 1. The zero-order valence-corrected chi connectivity index (χ0v) is 12.4. The minimum atomic E-state index is -0.127. The number of carbonyl (C=O) groups excluding carboxylic acids is 1. The molecule has 0 bridgehead atoms. The molecule has 0 saturated carbocycles. The van der Waals surface area contributed by atoms with E-state index >= 15 is 0 Å². The number of pyridine rings is 1. The zero-order valence-electron chi connectivity index (χ0n) is 11.5. The van der Waals surface area contributed by atoms with E-state index in [2.05, 4.69) is 10.3 Å². The number of amides is 1. The molecule has 2 heterocycles. The highest BCUT2D eigenvalue weighted by atomic mass is 32.1. The van der Waals surface area contributed by atoms with Crippen LogP contribution in [0.4, 0.5) is 5.69 Å². The molecule has 0 saturated heterocycles. The van der Waals surface area contributed by atoms with Gasteiger partial charge in [0, 0.05) is 10.9 Å². The van der Waals surface area contributed by atoms with E-state index in [4.69, 9.17) is 0 Å². The van der Waals surface area contributed by atoms with E-state index in [0.29, 0.717) is 5.56 Å². The lowest BCUT2D eigenvalue weighted by Crippen LogP contribution is -2.13. The van der Waals surface area contributed by atoms with Crippen LogP contribution in [-0.2, 0) is 0 Å². The predicted octanol–water partition coefficient (Wildman–Crippen LogP) is 4.37. The third kappa shape index (κ3) is 3.01. The maximum Gasteiger partial charge on any atom is 0.257 e. The molecule has 1 amide bonds. The van der Waals surface area contributed by atoms with Gasteiger partial charge in [0.1, 0.15) is 0 Å². The summed E-state index contributed by atoms with van der Waals surface area (Å²) in [6, 6.07) is 15.5. The highest BCUT2D eigenvalue weighted by molar-refractivity contribution is 7.08. The highest BCUT2D eigenvalue weighted by Gasteiger charge is 2.11. The van der Waals surface area contributed by atoms with Crippen molar-refractivity contribution in [3.8, 4) is 11.3 Å². The van der Waals surface area contributed by atoms with Crippen LogP contribution in [0.1, 0.15) is 16.1 Å². The Labute approximate surface area is 127 Å². The van der Waals surface area contributed by atoms with Crippen molar-refractivity contribution in [1.29, 1.82) is 0 Å². The Morgan fingerprint density at radius 3 is 2.57 bits per heavy atom.